The van der Waals surface area contributed by atoms with E-state index in [9.17, 15) is 58.2 Å². The molecule has 15 N–H and O–H groups in total. The van der Waals surface area contributed by atoms with Crippen molar-refractivity contribution in [2.75, 3.05) is 64.8 Å². The summed E-state index contributed by atoms with van der Waals surface area (Å²) in [5.74, 6) is -1.43. The van der Waals surface area contributed by atoms with E-state index in [-0.39, 0.29) is 57.6 Å². The molecular weight excluding hydrogens is 1150 g/mol. The fourth-order valence-corrected chi connectivity index (χ4v) is 15.6. The van der Waals surface area contributed by atoms with Crippen LogP contribution in [0.1, 0.15) is 25.1 Å². The van der Waals surface area contributed by atoms with Crippen molar-refractivity contribution >= 4 is 93.0 Å². The summed E-state index contributed by atoms with van der Waals surface area (Å²) in [5, 5.41) is 33.6. The van der Waals surface area contributed by atoms with E-state index in [0.29, 0.717) is 6.54 Å². The van der Waals surface area contributed by atoms with Gasteiger partial charge in [0.05, 0.1) is 45.6 Å². The van der Waals surface area contributed by atoms with Crippen molar-refractivity contribution in [1.82, 2.24) is 58.5 Å². The number of aromatic nitrogens is 12. The van der Waals surface area contributed by atoms with Crippen LogP contribution in [0.2, 0.25) is 0 Å². The van der Waals surface area contributed by atoms with Crippen molar-refractivity contribution in [2.45, 2.75) is 73.5 Å². The van der Waals surface area contributed by atoms with Crippen LogP contribution in [0, 0.1) is 5.92 Å². The number of methoxy groups -OCH3 is 1. The highest BCUT2D eigenvalue weighted by Gasteiger charge is 2.57. The summed E-state index contributed by atoms with van der Waals surface area (Å²) in [6.45, 7) is -7.61. The Hall–Kier alpha value is -4.69. The number of fused-ring (bicyclic) bond motifs is 3. The van der Waals surface area contributed by atoms with Gasteiger partial charge >= 0.3 is 35.6 Å². The minimum atomic E-state index is -5.98. The summed E-state index contributed by atoms with van der Waals surface area (Å²) in [7, 11) is -10.7. The first-order valence-corrected chi connectivity index (χ1v) is 30.1. The van der Waals surface area contributed by atoms with Crippen LogP contribution in [0.4, 0.5) is 17.7 Å². The molecule has 6 unspecified atom stereocenters. The number of phosphoric acid groups is 2. The van der Waals surface area contributed by atoms with E-state index in [4.69, 9.17) is 65.8 Å². The van der Waals surface area contributed by atoms with E-state index in [1.165, 1.54) is 33.4 Å². The van der Waals surface area contributed by atoms with Crippen LogP contribution >= 0.6 is 30.0 Å². The van der Waals surface area contributed by atoms with Crippen LogP contribution in [0.25, 0.3) is 33.5 Å². The number of hydrogen-bond acceptors (Lipinski definition) is 28. The van der Waals surface area contributed by atoms with E-state index >= 15 is 0 Å². The first kappa shape index (κ1) is 58.0. The fourth-order valence-electron chi connectivity index (χ4n) is 9.34. The fraction of sp³-hybridized carbons (Fsp3) is 0.583. The molecule has 16 atom stereocenters. The lowest BCUT2D eigenvalue weighted by molar-refractivity contribution is -0.745. The number of ether oxygens (including phenoxy) is 4. The van der Waals surface area contributed by atoms with E-state index in [0.717, 1.165) is 24.3 Å². The predicted octanol–water partition coefficient (Wildman–Crippen LogP) is -3.32. The smallest absolute Gasteiger partial charge is 0.387 e. The molecule has 42 heteroatoms. The minimum Gasteiger partial charge on any atom is -0.387 e. The number of nitrogens with one attached hydrogen (secondary N) is 2. The number of nitrogen functional groups attached to an aromatic ring is 3. The standard InChI is InChI=1S/C36H52N16O21P4S/c1-48(2)6-5-14-15(69-32(21(14)53)52-13-49(3)20-29(52)45-36(39)47-31(20)57)7-67-75(60,61)72-76(62,63)73-77(64,78)68-9-17-25(24(65-4)34(71-17)50-11-42-18-26(37)40-10-41-27(18)50)74(58,59)66-8-16-22(54)23(55)33(70-16)51-12-43-19-28(51)44-35(38)46-30(19)56/h10-17,21-25,32-34,53-55H,5-9H2,1-4H3,(H11-,37,38,39,40,41,44,45,46,47,56,57,58,59,60,61,62,63,64,78)/p+1/t14-,15-,16-,17?,21-,22-,23-,24-,25-,32?,33-,34-,77?/m1/s1. The average molecular weight is 1200 g/mol. The van der Waals surface area contributed by atoms with E-state index in [2.05, 4.69) is 44.2 Å². The molecule has 3 saturated heterocycles. The molecule has 0 amide bonds. The number of phosphoric ester groups is 1. The van der Waals surface area contributed by atoms with Crippen molar-refractivity contribution in [1.29, 1.82) is 0 Å². The quantitative estimate of drug-likeness (QED) is 0.0248. The van der Waals surface area contributed by atoms with Crippen molar-refractivity contribution < 1.29 is 94.3 Å². The van der Waals surface area contributed by atoms with Gasteiger partial charge in [0.1, 0.15) is 54.1 Å². The Kier molecular flexibility index (Phi) is 16.3. The van der Waals surface area contributed by atoms with Gasteiger partial charge in [0.25, 0.3) is 17.1 Å². The third kappa shape index (κ3) is 11.6. The van der Waals surface area contributed by atoms with Gasteiger partial charge in [-0.2, -0.15) is 9.29 Å². The van der Waals surface area contributed by atoms with Crippen molar-refractivity contribution in [2.24, 2.45) is 13.0 Å². The van der Waals surface area contributed by atoms with E-state index < -0.39 is 134 Å². The van der Waals surface area contributed by atoms with Gasteiger partial charge in [0.2, 0.25) is 17.7 Å². The molecule has 0 bridgehead atoms. The number of imidazole rings is 3. The number of anilines is 3. The summed E-state index contributed by atoms with van der Waals surface area (Å²) in [5.41, 5.74) is 14.2. The van der Waals surface area contributed by atoms with Crippen LogP contribution in [0.3, 0.4) is 0 Å². The maximum Gasteiger partial charge on any atom is 0.488 e. The third-order valence-electron chi connectivity index (χ3n) is 12.8. The monoisotopic (exact) mass is 1200 g/mol. The number of aliphatic hydroxyl groups excluding tert-OH is 3. The molecule has 37 nitrogen and oxygen atoms in total. The van der Waals surface area contributed by atoms with Gasteiger partial charge < -0.3 is 85.0 Å². The Morgan fingerprint density at radius 3 is 2.12 bits per heavy atom. The zero-order chi connectivity index (χ0) is 56.6. The van der Waals surface area contributed by atoms with E-state index in [1.54, 1.807) is 19.0 Å². The van der Waals surface area contributed by atoms with Gasteiger partial charge in [-0.05, 0) is 38.9 Å². The number of H-pyrrole nitrogens is 2. The zero-order valence-electron chi connectivity index (χ0n) is 41.0. The summed E-state index contributed by atoms with van der Waals surface area (Å²) in [6.07, 6.45) is -10.1. The summed E-state index contributed by atoms with van der Waals surface area (Å²) in [6, 6.07) is 0. The van der Waals surface area contributed by atoms with Gasteiger partial charge in [-0.3, -0.25) is 42.3 Å². The maximum absolute atomic E-state index is 14.5. The molecule has 0 saturated carbocycles. The molecule has 0 aliphatic carbocycles. The highest BCUT2D eigenvalue weighted by molar-refractivity contribution is 8.08. The first-order chi connectivity index (χ1) is 36.6. The predicted molar refractivity (Wildman–Crippen MR) is 265 cm³/mol. The second kappa shape index (κ2) is 22.0. The van der Waals surface area contributed by atoms with Crippen LogP contribution < -0.4 is 32.9 Å². The lowest BCUT2D eigenvalue weighted by atomic mass is 9.94. The van der Waals surface area contributed by atoms with Gasteiger partial charge in [-0.1, -0.05) is 4.98 Å². The highest BCUT2D eigenvalue weighted by Crippen LogP contribution is 2.68. The van der Waals surface area contributed by atoms with Gasteiger partial charge in [0, 0.05) is 13.0 Å². The van der Waals surface area contributed by atoms with Crippen LogP contribution in [-0.4, -0.2) is 189 Å². The van der Waals surface area contributed by atoms with Gasteiger partial charge in [-0.25, -0.2) is 37.9 Å². The SMILES string of the molecule is CO[C@H]1[C@H](n2cnc3c(N)ncnc32)OC(COP(O)(=S)OP(=O)(O)OP(=O)(O)OC[C@H]2OC([n+]3cn(C)c4c(=O)[nH]c(N)nc43)[C@H](O)[C@@H]2CCN(C)C)[C@H]1P(=O)(O)OC[C@H]1O[C@@H](n2cnc3c(=O)[nH]c(N)nc32)[C@H](O)[C@@H]1O. The Morgan fingerprint density at radius 1 is 0.769 bits per heavy atom. The van der Waals surface area contributed by atoms with Crippen LogP contribution in [0.15, 0.2) is 34.9 Å². The number of aryl methyl sites for hydroxylation is 1. The maximum atomic E-state index is 14.5. The molecule has 3 aliphatic rings. The molecule has 6 aromatic heterocycles. The molecule has 3 aliphatic heterocycles. The Balaban J connectivity index is 0.892. The second-order valence-electron chi connectivity index (χ2n) is 18.2. The Bertz CT molecular complexity index is 3550. The number of aliphatic hydroxyl groups is 3. The Morgan fingerprint density at radius 2 is 1.41 bits per heavy atom. The largest absolute Gasteiger partial charge is 0.488 e. The van der Waals surface area contributed by atoms with Crippen molar-refractivity contribution in [3.8, 4) is 0 Å². The molecule has 6 aromatic rings. The van der Waals surface area contributed by atoms with Gasteiger partial charge in [0.15, 0.2) is 41.4 Å². The zero-order valence-corrected chi connectivity index (χ0v) is 45.4. The number of nitrogens with zero attached hydrogens (tertiary/aromatic N) is 11. The normalized spacial score (nSPS) is 29.8. The molecule has 0 radical (unpaired) electrons. The molecular formula is C36H53N16O21P4S+. The number of rotatable bonds is 21. The van der Waals surface area contributed by atoms with E-state index in [1.807, 2.05) is 0 Å². The summed E-state index contributed by atoms with van der Waals surface area (Å²) >= 11 is 4.98. The van der Waals surface area contributed by atoms with Crippen molar-refractivity contribution in [3.05, 3.63) is 46.0 Å². The second-order valence-corrected chi connectivity index (χ2v) is 26.3. The first-order valence-electron chi connectivity index (χ1n) is 22.9. The number of nitrogens with two attached hydrogens (primary N) is 3. The summed E-state index contributed by atoms with van der Waals surface area (Å²) < 4.78 is 95.1. The van der Waals surface area contributed by atoms with Crippen LogP contribution in [-0.2, 0) is 73.7 Å². The molecule has 78 heavy (non-hydrogen) atoms. The lowest BCUT2D eigenvalue weighted by Gasteiger charge is -2.28. The highest BCUT2D eigenvalue weighted by atomic mass is 32.5. The van der Waals surface area contributed by atoms with Crippen molar-refractivity contribution in [3.63, 3.8) is 0 Å². The number of aromatic amines is 2. The number of hydrogen-bond donors (Lipinski definition) is 12. The Labute approximate surface area is 441 Å². The lowest BCUT2D eigenvalue weighted by Crippen LogP contribution is -2.45. The molecule has 0 spiro atoms. The summed E-state index contributed by atoms with van der Waals surface area (Å²) in [4.78, 5) is 100. The molecule has 3 fully saturated rings. The molecule has 9 heterocycles. The minimum absolute atomic E-state index is 0.0327. The molecule has 428 valence electrons. The molecule has 9 rings (SSSR count). The third-order valence-corrected chi connectivity index (χ3v) is 19.9. The topological polar surface area (TPSA) is 519 Å². The van der Waals surface area contributed by atoms with Gasteiger partial charge in [-0.15, -0.1) is 0 Å². The van der Waals surface area contributed by atoms with Crippen LogP contribution in [0.5, 0.6) is 0 Å². The average Bonchev–Trinajstić information content (AvgIpc) is 4.37. The molecule has 0 aromatic carbocycles.